The van der Waals surface area contributed by atoms with Crippen molar-refractivity contribution in [2.75, 3.05) is 6.61 Å². The monoisotopic (exact) mass is 257 g/mol. The number of nitrogens with zero attached hydrogens (tertiary/aromatic N) is 1. The van der Waals surface area contributed by atoms with Crippen molar-refractivity contribution in [1.82, 2.24) is 4.98 Å². The molecule has 3 nitrogen and oxygen atoms in total. The van der Waals surface area contributed by atoms with Gasteiger partial charge in [0.15, 0.2) is 0 Å². The third kappa shape index (κ3) is 3.98. The summed E-state index contributed by atoms with van der Waals surface area (Å²) >= 11 is 0. The molecule has 1 heterocycles. The molecular formula is C16H19NO2. The molecular weight excluding hydrogens is 238 g/mol. The fourth-order valence-corrected chi connectivity index (χ4v) is 2.02. The van der Waals surface area contributed by atoms with Crippen molar-refractivity contribution < 1.29 is 9.84 Å². The minimum Gasteiger partial charge on any atom is -0.508 e. The lowest BCUT2D eigenvalue weighted by atomic mass is 10.1. The van der Waals surface area contributed by atoms with Crippen LogP contribution < -0.4 is 4.74 Å². The van der Waals surface area contributed by atoms with E-state index < -0.39 is 0 Å². The van der Waals surface area contributed by atoms with Gasteiger partial charge in [-0.05, 0) is 49.9 Å². The number of aryl methyl sites for hydroxylation is 2. The third-order valence-corrected chi connectivity index (χ3v) is 2.97. The summed E-state index contributed by atoms with van der Waals surface area (Å²) in [5.74, 6) is 1.03. The number of phenols is 1. The maximum atomic E-state index is 9.92. The van der Waals surface area contributed by atoms with E-state index in [1.54, 1.807) is 6.07 Å². The van der Waals surface area contributed by atoms with Crippen molar-refractivity contribution in [3.63, 3.8) is 0 Å². The SMILES string of the molecule is CCOc1ccc(CCCc2ccccn2)c(O)c1. The second-order valence-electron chi connectivity index (χ2n) is 4.40. The summed E-state index contributed by atoms with van der Waals surface area (Å²) < 4.78 is 5.35. The molecule has 0 atom stereocenters. The molecule has 0 unspecified atom stereocenters. The summed E-state index contributed by atoms with van der Waals surface area (Å²) in [6.07, 6.45) is 4.55. The van der Waals surface area contributed by atoms with Crippen molar-refractivity contribution in [2.45, 2.75) is 26.2 Å². The fourth-order valence-electron chi connectivity index (χ4n) is 2.02. The summed E-state index contributed by atoms with van der Waals surface area (Å²) in [6, 6.07) is 11.5. The van der Waals surface area contributed by atoms with Gasteiger partial charge in [0.25, 0.3) is 0 Å². The first kappa shape index (κ1) is 13.4. The Morgan fingerprint density at radius 1 is 1.16 bits per heavy atom. The normalized spacial score (nSPS) is 10.4. The van der Waals surface area contributed by atoms with Gasteiger partial charge in [0.05, 0.1) is 6.61 Å². The molecule has 0 fully saturated rings. The first-order chi connectivity index (χ1) is 9.29. The molecule has 0 amide bonds. The largest absolute Gasteiger partial charge is 0.508 e. The Balaban J connectivity index is 1.89. The third-order valence-electron chi connectivity index (χ3n) is 2.97. The molecule has 0 saturated heterocycles. The van der Waals surface area contributed by atoms with Crippen molar-refractivity contribution in [3.05, 3.63) is 53.9 Å². The zero-order chi connectivity index (χ0) is 13.5. The topological polar surface area (TPSA) is 42.4 Å². The Labute approximate surface area is 113 Å². The van der Waals surface area contributed by atoms with Gasteiger partial charge >= 0.3 is 0 Å². The molecule has 100 valence electrons. The van der Waals surface area contributed by atoms with Crippen LogP contribution in [0.15, 0.2) is 42.6 Å². The minimum absolute atomic E-state index is 0.312. The molecule has 0 bridgehead atoms. The zero-order valence-corrected chi connectivity index (χ0v) is 11.2. The highest BCUT2D eigenvalue weighted by atomic mass is 16.5. The van der Waals surface area contributed by atoms with Gasteiger partial charge in [0.2, 0.25) is 0 Å². The van der Waals surface area contributed by atoms with E-state index in [-0.39, 0.29) is 0 Å². The lowest BCUT2D eigenvalue weighted by Crippen LogP contribution is -1.94. The smallest absolute Gasteiger partial charge is 0.122 e. The first-order valence-corrected chi connectivity index (χ1v) is 6.64. The fraction of sp³-hybridized carbons (Fsp3) is 0.312. The Morgan fingerprint density at radius 2 is 2.05 bits per heavy atom. The van der Waals surface area contributed by atoms with Gasteiger partial charge in [-0.2, -0.15) is 0 Å². The van der Waals surface area contributed by atoms with E-state index >= 15 is 0 Å². The number of ether oxygens (including phenoxy) is 1. The number of hydrogen-bond donors (Lipinski definition) is 1. The van der Waals surface area contributed by atoms with Crippen LogP contribution >= 0.6 is 0 Å². The molecule has 0 saturated carbocycles. The number of benzene rings is 1. The number of aromatic hydroxyl groups is 1. The van der Waals surface area contributed by atoms with Gasteiger partial charge < -0.3 is 9.84 Å². The van der Waals surface area contributed by atoms with E-state index in [1.165, 1.54) is 0 Å². The Bertz CT molecular complexity index is 511. The maximum Gasteiger partial charge on any atom is 0.122 e. The van der Waals surface area contributed by atoms with Gasteiger partial charge in [0.1, 0.15) is 11.5 Å². The second-order valence-corrected chi connectivity index (χ2v) is 4.40. The zero-order valence-electron chi connectivity index (χ0n) is 11.2. The molecule has 0 spiro atoms. The van der Waals surface area contributed by atoms with Crippen LogP contribution in [0.4, 0.5) is 0 Å². The summed E-state index contributed by atoms with van der Waals surface area (Å²) in [4.78, 5) is 4.29. The van der Waals surface area contributed by atoms with Gasteiger partial charge in [-0.1, -0.05) is 12.1 Å². The standard InChI is InChI=1S/C16H19NO2/c1-2-19-15-10-9-13(16(18)12-15)6-5-8-14-7-3-4-11-17-14/h3-4,7,9-12,18H,2,5-6,8H2,1H3. The lowest BCUT2D eigenvalue weighted by Gasteiger charge is -2.08. The van der Waals surface area contributed by atoms with Crippen molar-refractivity contribution in [1.29, 1.82) is 0 Å². The molecule has 19 heavy (non-hydrogen) atoms. The number of pyridine rings is 1. The molecule has 0 aliphatic rings. The average molecular weight is 257 g/mol. The highest BCUT2D eigenvalue weighted by Gasteiger charge is 2.04. The Hall–Kier alpha value is -2.03. The van der Waals surface area contributed by atoms with Crippen LogP contribution in [0.5, 0.6) is 11.5 Å². The molecule has 1 aromatic heterocycles. The predicted molar refractivity (Wildman–Crippen MR) is 75.5 cm³/mol. The Kier molecular flexibility index (Phi) is 4.78. The summed E-state index contributed by atoms with van der Waals surface area (Å²) in [6.45, 7) is 2.54. The number of aromatic nitrogens is 1. The van der Waals surface area contributed by atoms with Gasteiger partial charge in [-0.3, -0.25) is 4.98 Å². The minimum atomic E-state index is 0.312. The molecule has 2 aromatic rings. The predicted octanol–water partition coefficient (Wildman–Crippen LogP) is 3.36. The molecule has 1 N–H and O–H groups in total. The lowest BCUT2D eigenvalue weighted by molar-refractivity contribution is 0.337. The van der Waals surface area contributed by atoms with Gasteiger partial charge in [-0.25, -0.2) is 0 Å². The van der Waals surface area contributed by atoms with Crippen LogP contribution in [-0.4, -0.2) is 16.7 Å². The maximum absolute atomic E-state index is 9.92. The van der Waals surface area contributed by atoms with Crippen LogP contribution in [0.3, 0.4) is 0 Å². The first-order valence-electron chi connectivity index (χ1n) is 6.64. The van der Waals surface area contributed by atoms with Crippen molar-refractivity contribution in [2.24, 2.45) is 0 Å². The summed E-state index contributed by atoms with van der Waals surface area (Å²) in [7, 11) is 0. The van der Waals surface area contributed by atoms with Crippen molar-refractivity contribution in [3.8, 4) is 11.5 Å². The Morgan fingerprint density at radius 3 is 2.74 bits per heavy atom. The van der Waals surface area contributed by atoms with E-state index in [0.29, 0.717) is 18.1 Å². The van der Waals surface area contributed by atoms with Crippen LogP contribution in [0, 0.1) is 0 Å². The highest BCUT2D eigenvalue weighted by Crippen LogP contribution is 2.25. The van der Waals surface area contributed by atoms with Gasteiger partial charge in [-0.15, -0.1) is 0 Å². The second kappa shape index (κ2) is 6.78. The summed E-state index contributed by atoms with van der Waals surface area (Å²) in [5, 5.41) is 9.92. The molecule has 0 aliphatic heterocycles. The van der Waals surface area contributed by atoms with E-state index in [2.05, 4.69) is 4.98 Å². The van der Waals surface area contributed by atoms with Crippen LogP contribution in [0.1, 0.15) is 24.6 Å². The number of hydrogen-bond acceptors (Lipinski definition) is 3. The van der Waals surface area contributed by atoms with Crippen LogP contribution in [0.25, 0.3) is 0 Å². The van der Waals surface area contributed by atoms with E-state index in [9.17, 15) is 5.11 Å². The van der Waals surface area contributed by atoms with E-state index in [4.69, 9.17) is 4.74 Å². The molecule has 2 rings (SSSR count). The summed E-state index contributed by atoms with van der Waals surface area (Å²) in [5.41, 5.74) is 2.05. The number of phenolic OH excluding ortho intramolecular Hbond substituents is 1. The van der Waals surface area contributed by atoms with E-state index in [0.717, 1.165) is 30.5 Å². The quantitative estimate of drug-likeness (QED) is 0.862. The van der Waals surface area contributed by atoms with Crippen LogP contribution in [0.2, 0.25) is 0 Å². The molecule has 3 heteroatoms. The molecule has 0 radical (unpaired) electrons. The van der Waals surface area contributed by atoms with E-state index in [1.807, 2.05) is 43.5 Å². The molecule has 0 aliphatic carbocycles. The number of rotatable bonds is 6. The average Bonchev–Trinajstić information content (AvgIpc) is 2.43. The molecule has 1 aromatic carbocycles. The van der Waals surface area contributed by atoms with Crippen molar-refractivity contribution >= 4 is 0 Å². The van der Waals surface area contributed by atoms with Gasteiger partial charge in [0, 0.05) is 18.0 Å². The highest BCUT2D eigenvalue weighted by molar-refractivity contribution is 5.39. The van der Waals surface area contributed by atoms with Crippen LogP contribution in [-0.2, 0) is 12.8 Å².